The summed E-state index contributed by atoms with van der Waals surface area (Å²) in [6.45, 7) is 6.22. The van der Waals surface area contributed by atoms with Crippen molar-refractivity contribution in [2.24, 2.45) is 10.8 Å². The molecule has 1 N–H and O–H groups in total. The molecule has 0 saturated heterocycles. The molecule has 2 aromatic rings. The summed E-state index contributed by atoms with van der Waals surface area (Å²) < 4.78 is 25.3. The number of rotatable bonds is 7. The van der Waals surface area contributed by atoms with Gasteiger partial charge in [-0.15, -0.1) is 0 Å². The average Bonchev–Trinajstić information content (AvgIpc) is 3.34. The van der Waals surface area contributed by atoms with Crippen LogP contribution < -0.4 is 10.1 Å². The van der Waals surface area contributed by atoms with Crippen molar-refractivity contribution in [1.82, 2.24) is 10.1 Å². The number of carbonyl (C=O) groups excluding carboxylic acids is 1. The number of nitrogens with one attached hydrogen (secondary N) is 1. The van der Waals surface area contributed by atoms with Gasteiger partial charge in [-0.25, -0.2) is 4.39 Å². The van der Waals surface area contributed by atoms with Gasteiger partial charge in [0.15, 0.2) is 12.4 Å². The average molecular weight is 507 g/mol. The van der Waals surface area contributed by atoms with Crippen LogP contribution in [0.2, 0.25) is 0 Å². The molecule has 1 aromatic heterocycles. The Labute approximate surface area is 217 Å². The lowest BCUT2D eigenvalue weighted by molar-refractivity contribution is -0.209. The van der Waals surface area contributed by atoms with E-state index in [2.05, 4.69) is 37.3 Å². The highest BCUT2D eigenvalue weighted by molar-refractivity contribution is 5.98. The standard InChI is InChI=1S/C29H35FN4O3/c1-25(2,3)24-33-22(34-37-24)27-9-6-26(7-10-27,8-11-27)15-19-4-5-20(14-21(19)36-13-12-31)32-23(35)28-16-29(30,17-28)18-28/h4-5,14H,6-11,13,15-18H2,1-3H3,(H,32,35). The number of anilines is 1. The molecule has 7 nitrogen and oxygen atoms in total. The lowest BCUT2D eigenvalue weighted by atomic mass is 9.42. The SMILES string of the molecule is CC(C)(C)c1nc(C23CCC(Cc4ccc(NC(=O)C56CC(F)(C5)C6)cc4OCC#N)(CC2)CC3)no1. The van der Waals surface area contributed by atoms with Gasteiger partial charge < -0.3 is 14.6 Å². The van der Waals surface area contributed by atoms with Crippen molar-refractivity contribution in [2.75, 3.05) is 11.9 Å². The Balaban J connectivity index is 1.16. The van der Waals surface area contributed by atoms with Crippen molar-refractivity contribution in [3.05, 3.63) is 35.5 Å². The van der Waals surface area contributed by atoms with Gasteiger partial charge in [-0.2, -0.15) is 10.2 Å². The Morgan fingerprint density at radius 2 is 1.84 bits per heavy atom. The molecule has 1 heterocycles. The molecule has 0 atom stereocenters. The minimum atomic E-state index is -1.11. The smallest absolute Gasteiger partial charge is 0.232 e. The highest BCUT2D eigenvalue weighted by Crippen LogP contribution is 2.69. The summed E-state index contributed by atoms with van der Waals surface area (Å²) in [6, 6.07) is 7.79. The molecule has 37 heavy (non-hydrogen) atoms. The van der Waals surface area contributed by atoms with Gasteiger partial charge in [0.05, 0.1) is 5.41 Å². The fourth-order valence-electron chi connectivity index (χ4n) is 7.20. The van der Waals surface area contributed by atoms with Crippen LogP contribution in [0.5, 0.6) is 5.75 Å². The van der Waals surface area contributed by atoms with Gasteiger partial charge in [-0.05, 0) is 81.3 Å². The van der Waals surface area contributed by atoms with Gasteiger partial charge in [0, 0.05) is 22.6 Å². The number of amides is 1. The normalized spacial score (nSPS) is 33.7. The molecule has 6 aliphatic carbocycles. The van der Waals surface area contributed by atoms with Gasteiger partial charge in [0.25, 0.3) is 0 Å². The molecule has 4 bridgehead atoms. The maximum atomic E-state index is 13.9. The summed E-state index contributed by atoms with van der Waals surface area (Å²) in [5, 5.41) is 16.5. The number of aromatic nitrogens is 2. The van der Waals surface area contributed by atoms with Crippen molar-refractivity contribution in [3.63, 3.8) is 0 Å². The van der Waals surface area contributed by atoms with E-state index in [-0.39, 0.29) is 28.8 Å². The molecule has 8 rings (SSSR count). The third-order valence-electron chi connectivity index (χ3n) is 9.57. The summed E-state index contributed by atoms with van der Waals surface area (Å²) in [4.78, 5) is 17.6. The van der Waals surface area contributed by atoms with Crippen LogP contribution in [0.4, 0.5) is 10.1 Å². The van der Waals surface area contributed by atoms with Crippen LogP contribution in [-0.4, -0.2) is 28.3 Å². The number of hydrogen-bond donors (Lipinski definition) is 1. The van der Waals surface area contributed by atoms with E-state index in [1.54, 1.807) is 0 Å². The largest absolute Gasteiger partial charge is 0.478 e. The van der Waals surface area contributed by atoms with Crippen LogP contribution in [0.3, 0.4) is 0 Å². The molecule has 6 aliphatic rings. The van der Waals surface area contributed by atoms with Crippen LogP contribution in [0.25, 0.3) is 0 Å². The number of benzene rings is 1. The second-order valence-corrected chi connectivity index (χ2v) is 13.3. The van der Waals surface area contributed by atoms with Crippen molar-refractivity contribution in [3.8, 4) is 11.8 Å². The predicted octanol–water partition coefficient (Wildman–Crippen LogP) is 5.93. The minimum absolute atomic E-state index is 0.00267. The summed E-state index contributed by atoms with van der Waals surface area (Å²) in [6.07, 6.45) is 8.20. The Hall–Kier alpha value is -2.95. The zero-order valence-electron chi connectivity index (χ0n) is 22.0. The predicted molar refractivity (Wildman–Crippen MR) is 135 cm³/mol. The van der Waals surface area contributed by atoms with Crippen LogP contribution in [0.1, 0.15) is 95.8 Å². The number of fused-ring (bicyclic) bond motifs is 3. The molecule has 0 radical (unpaired) electrons. The van der Waals surface area contributed by atoms with Crippen LogP contribution in [-0.2, 0) is 22.0 Å². The fraction of sp³-hybridized carbons (Fsp3) is 0.655. The van der Waals surface area contributed by atoms with Crippen LogP contribution in [0, 0.1) is 22.2 Å². The van der Waals surface area contributed by atoms with E-state index in [1.807, 2.05) is 18.2 Å². The molecule has 6 saturated carbocycles. The molecule has 1 amide bonds. The Bertz CT molecular complexity index is 1240. The van der Waals surface area contributed by atoms with E-state index in [0.717, 1.165) is 56.3 Å². The molecule has 6 fully saturated rings. The summed E-state index contributed by atoms with van der Waals surface area (Å²) in [5.41, 5.74) is 0.0622. The third kappa shape index (κ3) is 4.02. The first-order valence-corrected chi connectivity index (χ1v) is 13.5. The molecular weight excluding hydrogens is 471 g/mol. The van der Waals surface area contributed by atoms with Crippen LogP contribution in [0.15, 0.2) is 22.7 Å². The number of nitriles is 1. The first-order valence-electron chi connectivity index (χ1n) is 13.5. The molecular formula is C29H35FN4O3. The molecule has 196 valence electrons. The molecule has 0 aliphatic heterocycles. The summed E-state index contributed by atoms with van der Waals surface area (Å²) >= 11 is 0. The van der Waals surface area contributed by atoms with Crippen LogP contribution >= 0.6 is 0 Å². The van der Waals surface area contributed by atoms with E-state index in [9.17, 15) is 9.18 Å². The second kappa shape index (κ2) is 8.02. The third-order valence-corrected chi connectivity index (χ3v) is 9.57. The van der Waals surface area contributed by atoms with Crippen molar-refractivity contribution < 1.29 is 18.4 Å². The molecule has 0 unspecified atom stereocenters. The van der Waals surface area contributed by atoms with Gasteiger partial charge in [-0.3, -0.25) is 4.79 Å². The summed E-state index contributed by atoms with van der Waals surface area (Å²) in [7, 11) is 0. The zero-order valence-corrected chi connectivity index (χ0v) is 22.0. The maximum absolute atomic E-state index is 13.9. The zero-order chi connectivity index (χ0) is 26.1. The first-order chi connectivity index (χ1) is 17.5. The van der Waals surface area contributed by atoms with Crippen molar-refractivity contribution >= 4 is 11.6 Å². The van der Waals surface area contributed by atoms with E-state index in [4.69, 9.17) is 19.5 Å². The van der Waals surface area contributed by atoms with Gasteiger partial charge in [0.2, 0.25) is 11.8 Å². The van der Waals surface area contributed by atoms with Gasteiger partial charge >= 0.3 is 0 Å². The second-order valence-electron chi connectivity index (χ2n) is 13.3. The van der Waals surface area contributed by atoms with E-state index in [1.165, 1.54) is 0 Å². The Kier molecular flexibility index (Phi) is 5.29. The number of ether oxygens (including phenoxy) is 1. The van der Waals surface area contributed by atoms with Gasteiger partial charge in [-0.1, -0.05) is 32.0 Å². The number of nitrogens with zero attached hydrogens (tertiary/aromatic N) is 3. The monoisotopic (exact) mass is 506 g/mol. The van der Waals surface area contributed by atoms with Crippen molar-refractivity contribution in [1.29, 1.82) is 5.26 Å². The summed E-state index contributed by atoms with van der Waals surface area (Å²) in [5.74, 6) is 2.09. The topological polar surface area (TPSA) is 101 Å². The molecule has 8 heteroatoms. The van der Waals surface area contributed by atoms with Gasteiger partial charge in [0.1, 0.15) is 17.5 Å². The highest BCUT2D eigenvalue weighted by Gasteiger charge is 2.72. The number of alkyl halides is 1. The molecule has 1 aromatic carbocycles. The Morgan fingerprint density at radius 1 is 1.16 bits per heavy atom. The lowest BCUT2D eigenvalue weighted by Crippen LogP contribution is -2.68. The number of hydrogen-bond acceptors (Lipinski definition) is 6. The van der Waals surface area contributed by atoms with E-state index < -0.39 is 11.1 Å². The Morgan fingerprint density at radius 3 is 2.41 bits per heavy atom. The number of halogens is 1. The van der Waals surface area contributed by atoms with E-state index >= 15 is 0 Å². The van der Waals surface area contributed by atoms with Crippen molar-refractivity contribution in [2.45, 2.75) is 101 Å². The quantitative estimate of drug-likeness (QED) is 0.499. The molecule has 0 spiro atoms. The van der Waals surface area contributed by atoms with E-state index in [0.29, 0.717) is 36.6 Å². The fourth-order valence-corrected chi connectivity index (χ4v) is 7.20. The number of carbonyl (C=O) groups is 1. The highest BCUT2D eigenvalue weighted by atomic mass is 19.1. The maximum Gasteiger partial charge on any atom is 0.232 e. The first kappa shape index (κ1) is 24.4. The minimum Gasteiger partial charge on any atom is -0.478 e. The lowest BCUT2D eigenvalue weighted by Gasteiger charge is -2.64.